The lowest BCUT2D eigenvalue weighted by molar-refractivity contribution is 0.0734. The molecule has 1 unspecified atom stereocenters. The fourth-order valence-corrected chi connectivity index (χ4v) is 5.76. The normalized spacial score (nSPS) is 15.2. The first kappa shape index (κ1) is 29.4. The maximum Gasteiger partial charge on any atom is 0.254 e. The summed E-state index contributed by atoms with van der Waals surface area (Å²) >= 11 is 0. The SMILES string of the molecule is COc1ccc(C(=O)N2CCc3cc(C(=O)NCC(O)CN4CCc5cc(OCc6cnco6)ccc5C4)ccc3C2)cc1. The lowest BCUT2D eigenvalue weighted by Gasteiger charge is -2.30. The van der Waals surface area contributed by atoms with E-state index >= 15 is 0 Å². The molecule has 2 aliphatic rings. The number of aliphatic hydroxyl groups excluding tert-OH is 1. The van der Waals surface area contributed by atoms with Gasteiger partial charge in [-0.25, -0.2) is 4.98 Å². The van der Waals surface area contributed by atoms with Gasteiger partial charge in [0.05, 0.1) is 19.4 Å². The van der Waals surface area contributed by atoms with E-state index in [0.29, 0.717) is 55.3 Å². The maximum absolute atomic E-state index is 13.0. The monoisotopic (exact) mass is 596 g/mol. The Kier molecular flexibility index (Phi) is 8.90. The number of nitrogens with one attached hydrogen (secondary N) is 1. The fraction of sp³-hybridized carbons (Fsp3) is 0.324. The Balaban J connectivity index is 0.965. The molecule has 0 saturated heterocycles. The number of hydrogen-bond acceptors (Lipinski definition) is 8. The number of hydrogen-bond donors (Lipinski definition) is 2. The van der Waals surface area contributed by atoms with Crippen LogP contribution in [0.4, 0.5) is 0 Å². The van der Waals surface area contributed by atoms with Gasteiger partial charge in [-0.05, 0) is 83.6 Å². The summed E-state index contributed by atoms with van der Waals surface area (Å²) in [5.74, 6) is 1.93. The Hall–Kier alpha value is -4.67. The second kappa shape index (κ2) is 13.3. The van der Waals surface area contributed by atoms with Crippen LogP contribution in [0.2, 0.25) is 0 Å². The van der Waals surface area contributed by atoms with E-state index in [1.54, 1.807) is 43.6 Å². The van der Waals surface area contributed by atoms with E-state index in [4.69, 9.17) is 13.9 Å². The highest BCUT2D eigenvalue weighted by Crippen LogP contribution is 2.25. The number of oxazole rings is 1. The fourth-order valence-electron chi connectivity index (χ4n) is 5.76. The zero-order valence-corrected chi connectivity index (χ0v) is 24.7. The van der Waals surface area contributed by atoms with Crippen molar-refractivity contribution >= 4 is 11.8 Å². The van der Waals surface area contributed by atoms with Crippen LogP contribution in [0.25, 0.3) is 0 Å². The van der Waals surface area contributed by atoms with E-state index in [-0.39, 0.29) is 18.4 Å². The molecule has 6 rings (SSSR count). The van der Waals surface area contributed by atoms with Crippen molar-refractivity contribution in [3.63, 3.8) is 0 Å². The minimum Gasteiger partial charge on any atom is -0.497 e. The first-order chi connectivity index (χ1) is 21.4. The van der Waals surface area contributed by atoms with Gasteiger partial charge in [0.25, 0.3) is 11.8 Å². The highest BCUT2D eigenvalue weighted by Gasteiger charge is 2.24. The predicted octanol–water partition coefficient (Wildman–Crippen LogP) is 3.61. The summed E-state index contributed by atoms with van der Waals surface area (Å²) in [5, 5.41) is 13.6. The molecule has 10 heteroatoms. The van der Waals surface area contributed by atoms with E-state index in [2.05, 4.69) is 27.3 Å². The van der Waals surface area contributed by atoms with Gasteiger partial charge in [0.2, 0.25) is 0 Å². The quantitative estimate of drug-likeness (QED) is 0.285. The average Bonchev–Trinajstić information content (AvgIpc) is 3.59. The van der Waals surface area contributed by atoms with Crippen LogP contribution >= 0.6 is 0 Å². The van der Waals surface area contributed by atoms with E-state index in [0.717, 1.165) is 36.4 Å². The minimum atomic E-state index is -0.694. The summed E-state index contributed by atoms with van der Waals surface area (Å²) in [6.07, 6.45) is 3.86. The van der Waals surface area contributed by atoms with Gasteiger partial charge in [-0.15, -0.1) is 0 Å². The van der Waals surface area contributed by atoms with Gasteiger partial charge in [-0.2, -0.15) is 0 Å². The molecule has 1 atom stereocenters. The van der Waals surface area contributed by atoms with Crippen molar-refractivity contribution < 1.29 is 28.6 Å². The Morgan fingerprint density at radius 3 is 2.45 bits per heavy atom. The molecule has 3 heterocycles. The molecular weight excluding hydrogens is 560 g/mol. The van der Waals surface area contributed by atoms with Gasteiger partial charge >= 0.3 is 0 Å². The molecule has 2 amide bonds. The number of nitrogens with zero attached hydrogens (tertiary/aromatic N) is 3. The molecule has 0 radical (unpaired) electrons. The van der Waals surface area contributed by atoms with Crippen LogP contribution in [0.5, 0.6) is 11.5 Å². The number of methoxy groups -OCH3 is 1. The van der Waals surface area contributed by atoms with Crippen molar-refractivity contribution in [2.24, 2.45) is 0 Å². The van der Waals surface area contributed by atoms with E-state index < -0.39 is 6.10 Å². The van der Waals surface area contributed by atoms with Crippen LogP contribution < -0.4 is 14.8 Å². The van der Waals surface area contributed by atoms with Gasteiger partial charge in [-0.1, -0.05) is 12.1 Å². The molecule has 2 aliphatic heterocycles. The van der Waals surface area contributed by atoms with Crippen LogP contribution in [-0.2, 0) is 32.5 Å². The number of ether oxygens (including phenoxy) is 2. The molecule has 0 saturated carbocycles. The van der Waals surface area contributed by atoms with Crippen molar-refractivity contribution in [1.29, 1.82) is 0 Å². The lowest BCUT2D eigenvalue weighted by atomic mass is 9.96. The standard InChI is InChI=1S/C34H36N4O6/c1-42-30-7-4-23(5-8-30)34(41)38-13-11-24-14-26(2-3-28(24)19-38)33(40)36-16-29(39)20-37-12-10-25-15-31(9-6-27(25)18-37)43-21-32-17-35-22-44-32/h2-9,14-15,17,22,29,39H,10-13,16,18-21H2,1H3,(H,36,40). The number of carbonyl (C=O) groups is 2. The highest BCUT2D eigenvalue weighted by molar-refractivity contribution is 5.95. The molecule has 10 nitrogen and oxygen atoms in total. The smallest absolute Gasteiger partial charge is 0.254 e. The molecule has 0 aliphatic carbocycles. The number of carbonyl (C=O) groups excluding carboxylic acids is 2. The summed E-state index contributed by atoms with van der Waals surface area (Å²) in [5.41, 5.74) is 5.72. The zero-order valence-electron chi connectivity index (χ0n) is 24.7. The van der Waals surface area contributed by atoms with Crippen LogP contribution in [0.15, 0.2) is 77.7 Å². The van der Waals surface area contributed by atoms with Crippen molar-refractivity contribution in [3.05, 3.63) is 112 Å². The Labute approximate surface area is 256 Å². The number of aromatic nitrogens is 1. The molecule has 0 fully saturated rings. The van der Waals surface area contributed by atoms with E-state index in [1.807, 2.05) is 23.1 Å². The van der Waals surface area contributed by atoms with Crippen LogP contribution in [-0.4, -0.2) is 71.1 Å². The van der Waals surface area contributed by atoms with Crippen molar-refractivity contribution in [2.45, 2.75) is 38.6 Å². The Morgan fingerprint density at radius 2 is 1.66 bits per heavy atom. The van der Waals surface area contributed by atoms with Gasteiger partial charge in [0.1, 0.15) is 18.1 Å². The molecule has 1 aromatic heterocycles. The number of benzene rings is 3. The van der Waals surface area contributed by atoms with Crippen molar-refractivity contribution in [3.8, 4) is 11.5 Å². The third-order valence-corrected chi connectivity index (χ3v) is 8.21. The summed E-state index contributed by atoms with van der Waals surface area (Å²) in [6.45, 7) is 3.58. The molecule has 3 aromatic carbocycles. The van der Waals surface area contributed by atoms with E-state index in [1.165, 1.54) is 17.5 Å². The third-order valence-electron chi connectivity index (χ3n) is 8.21. The minimum absolute atomic E-state index is 0.0239. The highest BCUT2D eigenvalue weighted by atomic mass is 16.5. The third kappa shape index (κ3) is 6.93. The van der Waals surface area contributed by atoms with Gasteiger partial charge in [0, 0.05) is 50.4 Å². The average molecular weight is 597 g/mol. The lowest BCUT2D eigenvalue weighted by Crippen LogP contribution is -2.42. The molecule has 44 heavy (non-hydrogen) atoms. The summed E-state index contributed by atoms with van der Waals surface area (Å²) in [4.78, 5) is 33.9. The number of β-amino-alcohol motifs (C(OH)–C–C–N with tert-alkyl or cyclic N) is 1. The molecule has 0 bridgehead atoms. The van der Waals surface area contributed by atoms with Crippen LogP contribution in [0, 0.1) is 0 Å². The first-order valence-corrected chi connectivity index (χ1v) is 14.8. The van der Waals surface area contributed by atoms with Crippen molar-refractivity contribution in [1.82, 2.24) is 20.1 Å². The predicted molar refractivity (Wildman–Crippen MR) is 162 cm³/mol. The molecule has 2 N–H and O–H groups in total. The first-order valence-electron chi connectivity index (χ1n) is 14.8. The molecule has 4 aromatic rings. The number of amides is 2. The van der Waals surface area contributed by atoms with Crippen LogP contribution in [0.1, 0.15) is 48.7 Å². The zero-order chi connectivity index (χ0) is 30.5. The van der Waals surface area contributed by atoms with Gasteiger partial charge < -0.3 is 29.2 Å². The van der Waals surface area contributed by atoms with Crippen molar-refractivity contribution in [2.75, 3.05) is 33.3 Å². The summed E-state index contributed by atoms with van der Waals surface area (Å²) in [6, 6.07) is 18.8. The van der Waals surface area contributed by atoms with Crippen LogP contribution in [0.3, 0.4) is 0 Å². The van der Waals surface area contributed by atoms with Gasteiger partial charge in [0.15, 0.2) is 12.2 Å². The number of aliphatic hydroxyl groups is 1. The largest absolute Gasteiger partial charge is 0.497 e. The topological polar surface area (TPSA) is 117 Å². The molecule has 0 spiro atoms. The summed E-state index contributed by atoms with van der Waals surface area (Å²) < 4.78 is 16.2. The second-order valence-corrected chi connectivity index (χ2v) is 11.2. The number of fused-ring (bicyclic) bond motifs is 2. The molecule has 228 valence electrons. The second-order valence-electron chi connectivity index (χ2n) is 11.2. The number of rotatable bonds is 10. The Bertz CT molecular complexity index is 1600. The maximum atomic E-state index is 13.0. The molecular formula is C34H36N4O6. The van der Waals surface area contributed by atoms with E-state index in [9.17, 15) is 14.7 Å². The Morgan fingerprint density at radius 1 is 0.932 bits per heavy atom. The van der Waals surface area contributed by atoms with Gasteiger partial charge in [-0.3, -0.25) is 14.5 Å². The summed E-state index contributed by atoms with van der Waals surface area (Å²) in [7, 11) is 1.60.